The lowest BCUT2D eigenvalue weighted by molar-refractivity contribution is -0.114. The lowest BCUT2D eigenvalue weighted by Crippen LogP contribution is -2.20. The Balaban J connectivity index is 1.63. The molecule has 4 aromatic heterocycles. The van der Waals surface area contributed by atoms with Gasteiger partial charge in [-0.25, -0.2) is 9.97 Å². The lowest BCUT2D eigenvalue weighted by atomic mass is 10.3. The summed E-state index contributed by atoms with van der Waals surface area (Å²) in [5, 5.41) is 5.71. The minimum Gasteiger partial charge on any atom is -0.455 e. The third kappa shape index (κ3) is 4.22. The predicted octanol–water partition coefficient (Wildman–Crippen LogP) is 2.86. The monoisotopic (exact) mass is 419 g/mol. The molecule has 0 saturated carbocycles. The Morgan fingerprint density at radius 3 is 2.71 bits per heavy atom. The van der Waals surface area contributed by atoms with Crippen molar-refractivity contribution >= 4 is 34.5 Å². The second-order valence-electron chi connectivity index (χ2n) is 7.14. The smallest absolute Gasteiger partial charge is 0.274 e. The number of nitrogens with one attached hydrogen (secondary N) is 2. The topological polar surface area (TPSA) is 116 Å². The van der Waals surface area contributed by atoms with Gasteiger partial charge in [0.2, 0.25) is 11.9 Å². The average molecular weight is 419 g/mol. The van der Waals surface area contributed by atoms with E-state index in [4.69, 9.17) is 4.74 Å². The molecule has 0 aliphatic heterocycles. The second-order valence-corrected chi connectivity index (χ2v) is 7.14. The number of hydrogen-bond donors (Lipinski definition) is 2. The Bertz CT molecular complexity index is 1360. The Labute approximate surface area is 177 Å². The molecule has 4 heterocycles. The van der Waals surface area contributed by atoms with Gasteiger partial charge in [0.05, 0.1) is 11.7 Å². The molecule has 0 fully saturated rings. The van der Waals surface area contributed by atoms with Crippen molar-refractivity contribution in [3.63, 3.8) is 0 Å². The molecule has 0 radical (unpaired) electrons. The van der Waals surface area contributed by atoms with E-state index in [9.17, 15) is 9.59 Å². The number of aromatic nitrogens is 5. The summed E-state index contributed by atoms with van der Waals surface area (Å²) >= 11 is 0. The summed E-state index contributed by atoms with van der Waals surface area (Å²) in [5.41, 5.74) is 2.46. The first kappa shape index (κ1) is 20.1. The van der Waals surface area contributed by atoms with Gasteiger partial charge in [0.1, 0.15) is 23.0 Å². The molecule has 0 saturated heterocycles. The van der Waals surface area contributed by atoms with Gasteiger partial charge in [0.15, 0.2) is 5.65 Å². The molecule has 1 amide bonds. The summed E-state index contributed by atoms with van der Waals surface area (Å²) in [4.78, 5) is 36.5. The fraction of sp³-hybridized carbons (Fsp3) is 0.190. The molecular weight excluding hydrogens is 398 g/mol. The molecule has 0 unspecified atom stereocenters. The van der Waals surface area contributed by atoms with E-state index in [1.807, 2.05) is 14.0 Å². The van der Waals surface area contributed by atoms with E-state index in [1.165, 1.54) is 11.5 Å². The van der Waals surface area contributed by atoms with Crippen LogP contribution >= 0.6 is 0 Å². The highest BCUT2D eigenvalue weighted by Gasteiger charge is 2.13. The molecule has 10 heteroatoms. The van der Waals surface area contributed by atoms with Crippen LogP contribution in [0.15, 0.2) is 47.7 Å². The first-order valence-electron chi connectivity index (χ1n) is 9.48. The number of fused-ring (bicyclic) bond motifs is 1. The van der Waals surface area contributed by atoms with E-state index in [0.29, 0.717) is 34.6 Å². The number of pyridine rings is 3. The first-order valence-corrected chi connectivity index (χ1v) is 9.48. The highest BCUT2D eigenvalue weighted by Crippen LogP contribution is 2.27. The molecule has 158 valence electrons. The van der Waals surface area contributed by atoms with Crippen LogP contribution in [0.3, 0.4) is 0 Å². The van der Waals surface area contributed by atoms with E-state index < -0.39 is 0 Å². The third-order valence-corrected chi connectivity index (χ3v) is 4.55. The van der Waals surface area contributed by atoms with E-state index in [-0.39, 0.29) is 11.5 Å². The van der Waals surface area contributed by atoms with Crippen LogP contribution in [-0.2, 0) is 18.9 Å². The van der Waals surface area contributed by atoms with Gasteiger partial charge in [-0.3, -0.25) is 9.59 Å². The molecule has 31 heavy (non-hydrogen) atoms. The summed E-state index contributed by atoms with van der Waals surface area (Å²) in [6.07, 6.45) is 4.87. The number of nitrogens with zero attached hydrogens (tertiary/aromatic N) is 5. The molecular formula is C21H21N7O3. The van der Waals surface area contributed by atoms with E-state index >= 15 is 0 Å². The summed E-state index contributed by atoms with van der Waals surface area (Å²) in [6.45, 7) is 3.33. The number of aryl methyl sites for hydroxylation is 3. The molecule has 0 aliphatic carbocycles. The van der Waals surface area contributed by atoms with Crippen molar-refractivity contribution in [3.05, 3.63) is 58.8 Å². The van der Waals surface area contributed by atoms with Gasteiger partial charge in [-0.2, -0.15) is 4.98 Å². The van der Waals surface area contributed by atoms with Gasteiger partial charge in [0, 0.05) is 45.5 Å². The van der Waals surface area contributed by atoms with Crippen LogP contribution in [0.5, 0.6) is 11.5 Å². The normalized spacial score (nSPS) is 10.8. The molecule has 4 rings (SSSR count). The van der Waals surface area contributed by atoms with Gasteiger partial charge in [-0.1, -0.05) is 0 Å². The largest absolute Gasteiger partial charge is 0.455 e. The van der Waals surface area contributed by atoms with E-state index in [1.54, 1.807) is 54.5 Å². The average Bonchev–Trinajstić information content (AvgIpc) is 3.01. The van der Waals surface area contributed by atoms with Gasteiger partial charge in [-0.05, 0) is 24.6 Å². The van der Waals surface area contributed by atoms with Crippen LogP contribution in [0.25, 0.3) is 11.2 Å². The van der Waals surface area contributed by atoms with Crippen molar-refractivity contribution in [1.29, 1.82) is 0 Å². The van der Waals surface area contributed by atoms with E-state index in [2.05, 4.69) is 25.6 Å². The SMILES string of the molecule is CC(=O)Nc1cc(Oc2cnc3nc(Nc4cc(C)cn(C)c4=O)n(C)c3c2)ccn1. The van der Waals surface area contributed by atoms with Crippen molar-refractivity contribution in [2.75, 3.05) is 10.6 Å². The van der Waals surface area contributed by atoms with Crippen LogP contribution in [0.4, 0.5) is 17.5 Å². The molecule has 0 atom stereocenters. The van der Waals surface area contributed by atoms with Crippen LogP contribution in [0.2, 0.25) is 0 Å². The number of amides is 1. The van der Waals surface area contributed by atoms with Gasteiger partial charge >= 0.3 is 0 Å². The third-order valence-electron chi connectivity index (χ3n) is 4.55. The van der Waals surface area contributed by atoms with Crippen LogP contribution < -0.4 is 20.9 Å². The van der Waals surface area contributed by atoms with Gasteiger partial charge in [-0.15, -0.1) is 0 Å². The quantitative estimate of drug-likeness (QED) is 0.511. The van der Waals surface area contributed by atoms with Crippen molar-refractivity contribution < 1.29 is 9.53 Å². The Morgan fingerprint density at radius 1 is 1.13 bits per heavy atom. The minimum absolute atomic E-state index is 0.151. The summed E-state index contributed by atoms with van der Waals surface area (Å²) in [7, 11) is 3.53. The molecule has 0 aliphatic rings. The molecule has 0 aromatic carbocycles. The fourth-order valence-electron chi connectivity index (χ4n) is 3.17. The Hall–Kier alpha value is -4.21. The Morgan fingerprint density at radius 2 is 1.94 bits per heavy atom. The number of carbonyl (C=O) groups excluding carboxylic acids is 1. The fourth-order valence-corrected chi connectivity index (χ4v) is 3.17. The maximum Gasteiger partial charge on any atom is 0.274 e. The maximum atomic E-state index is 12.4. The number of anilines is 3. The zero-order valence-electron chi connectivity index (χ0n) is 17.5. The number of hydrogen-bond acceptors (Lipinski definition) is 7. The number of carbonyl (C=O) groups is 1. The molecule has 10 nitrogen and oxygen atoms in total. The predicted molar refractivity (Wildman–Crippen MR) is 117 cm³/mol. The van der Waals surface area contributed by atoms with Crippen molar-refractivity contribution in [2.45, 2.75) is 13.8 Å². The van der Waals surface area contributed by atoms with Crippen molar-refractivity contribution in [3.8, 4) is 11.5 Å². The maximum absolute atomic E-state index is 12.4. The van der Waals surface area contributed by atoms with E-state index in [0.717, 1.165) is 11.1 Å². The molecule has 4 aromatic rings. The second kappa shape index (κ2) is 7.90. The first-order chi connectivity index (χ1) is 14.8. The molecule has 0 bridgehead atoms. The van der Waals surface area contributed by atoms with Crippen LogP contribution in [-0.4, -0.2) is 30.0 Å². The van der Waals surface area contributed by atoms with Gasteiger partial charge < -0.3 is 24.5 Å². The highest BCUT2D eigenvalue weighted by molar-refractivity contribution is 5.87. The lowest BCUT2D eigenvalue weighted by Gasteiger charge is -2.09. The minimum atomic E-state index is -0.217. The number of imidazole rings is 1. The summed E-state index contributed by atoms with van der Waals surface area (Å²) in [5.74, 6) is 1.66. The highest BCUT2D eigenvalue weighted by atomic mass is 16.5. The number of rotatable bonds is 5. The summed E-state index contributed by atoms with van der Waals surface area (Å²) < 4.78 is 9.19. The van der Waals surface area contributed by atoms with Crippen molar-refractivity contribution in [2.24, 2.45) is 14.1 Å². The molecule has 0 spiro atoms. The van der Waals surface area contributed by atoms with Gasteiger partial charge in [0.25, 0.3) is 5.56 Å². The van der Waals surface area contributed by atoms with Crippen LogP contribution in [0, 0.1) is 6.92 Å². The zero-order chi connectivity index (χ0) is 22.1. The van der Waals surface area contributed by atoms with Crippen molar-refractivity contribution in [1.82, 2.24) is 24.1 Å². The Kier molecular flexibility index (Phi) is 5.12. The standard InChI is InChI=1S/C21H21N7O3/c1-12-7-16(20(30)27(3)11-12)25-21-26-19-17(28(21)4)8-15(10-23-19)31-14-5-6-22-18(9-14)24-13(2)29/h5-11H,1-4H3,(H,22,24,29)(H,23,25,26). The summed E-state index contributed by atoms with van der Waals surface area (Å²) in [6, 6.07) is 6.88. The molecule has 2 N–H and O–H groups in total. The van der Waals surface area contributed by atoms with Crippen LogP contribution in [0.1, 0.15) is 12.5 Å². The zero-order valence-corrected chi connectivity index (χ0v) is 17.5. The number of ether oxygens (including phenoxy) is 1.